The molecule has 3 aromatic rings. The number of anilines is 2. The van der Waals surface area contributed by atoms with Gasteiger partial charge in [0.2, 0.25) is 0 Å². The number of hydrogen-bond acceptors (Lipinski definition) is 3. The highest BCUT2D eigenvalue weighted by atomic mass is 16.2. The molecule has 2 heterocycles. The van der Waals surface area contributed by atoms with Gasteiger partial charge >= 0.3 is 0 Å². The molecule has 0 spiro atoms. The molecule has 1 aliphatic carbocycles. The quantitative estimate of drug-likeness (QED) is 0.591. The lowest BCUT2D eigenvalue weighted by Crippen LogP contribution is -2.40. The molecule has 0 fully saturated rings. The van der Waals surface area contributed by atoms with E-state index in [0.29, 0.717) is 17.6 Å². The first-order valence-electron chi connectivity index (χ1n) is 11.0. The fourth-order valence-electron chi connectivity index (χ4n) is 4.97. The topological polar surface area (TPSA) is 54.3 Å². The Morgan fingerprint density at radius 2 is 1.69 bits per heavy atom. The van der Waals surface area contributed by atoms with Crippen molar-refractivity contribution in [3.05, 3.63) is 95.5 Å². The van der Waals surface area contributed by atoms with Gasteiger partial charge < -0.3 is 9.88 Å². The van der Waals surface area contributed by atoms with Crippen LogP contribution < -0.4 is 10.2 Å². The van der Waals surface area contributed by atoms with Gasteiger partial charge in [0.15, 0.2) is 5.78 Å². The number of carbonyl (C=O) groups is 2. The van der Waals surface area contributed by atoms with Crippen LogP contribution in [0.15, 0.2) is 84.2 Å². The minimum Gasteiger partial charge on any atom is -0.357 e. The first-order valence-corrected chi connectivity index (χ1v) is 11.0. The zero-order chi connectivity index (χ0) is 22.5. The van der Waals surface area contributed by atoms with Crippen LogP contribution >= 0.6 is 0 Å². The van der Waals surface area contributed by atoms with Crippen molar-refractivity contribution in [1.82, 2.24) is 4.57 Å². The number of benzene rings is 2. The number of hydrogen-bond donors (Lipinski definition) is 1. The monoisotopic (exact) mass is 425 g/mol. The molecule has 1 N–H and O–H groups in total. The number of aryl methyl sites for hydroxylation is 1. The molecule has 162 valence electrons. The zero-order valence-electron chi connectivity index (χ0n) is 18.6. The largest absolute Gasteiger partial charge is 0.357 e. The number of ketones is 1. The van der Waals surface area contributed by atoms with E-state index in [1.165, 1.54) is 0 Å². The summed E-state index contributed by atoms with van der Waals surface area (Å²) >= 11 is 0. The Bertz CT molecular complexity index is 1240. The molecule has 1 unspecified atom stereocenters. The normalized spacial score (nSPS) is 19.7. The maximum absolute atomic E-state index is 14.0. The number of carbonyl (C=O) groups excluding carboxylic acids is 2. The lowest BCUT2D eigenvalue weighted by molar-refractivity contribution is -0.118. The Morgan fingerprint density at radius 1 is 0.969 bits per heavy atom. The molecule has 5 rings (SSSR count). The van der Waals surface area contributed by atoms with E-state index >= 15 is 0 Å². The molecular weight excluding hydrogens is 398 g/mol. The van der Waals surface area contributed by atoms with Crippen LogP contribution in [0.2, 0.25) is 0 Å². The fraction of sp³-hybridized carbons (Fsp3) is 0.259. The molecule has 1 amide bonds. The first kappa shape index (κ1) is 20.3. The van der Waals surface area contributed by atoms with Gasteiger partial charge in [0.1, 0.15) is 6.04 Å². The molecule has 1 aliphatic heterocycles. The van der Waals surface area contributed by atoms with Crippen molar-refractivity contribution in [1.29, 1.82) is 0 Å². The minimum absolute atomic E-state index is 0.0913. The van der Waals surface area contributed by atoms with Crippen molar-refractivity contribution in [3.63, 3.8) is 0 Å². The van der Waals surface area contributed by atoms with E-state index in [0.717, 1.165) is 29.2 Å². The zero-order valence-corrected chi connectivity index (χ0v) is 18.6. The van der Waals surface area contributed by atoms with Crippen molar-refractivity contribution in [3.8, 4) is 0 Å². The van der Waals surface area contributed by atoms with Crippen molar-refractivity contribution in [2.45, 2.75) is 32.7 Å². The van der Waals surface area contributed by atoms with Gasteiger partial charge in [-0.05, 0) is 48.2 Å². The van der Waals surface area contributed by atoms with Crippen molar-refractivity contribution < 1.29 is 9.59 Å². The molecule has 1 aromatic heterocycles. The number of Topliss-reactive ketones (excluding diaryl/α,β-unsaturated/α-hetero) is 1. The molecular formula is C27H27N3O2. The van der Waals surface area contributed by atoms with Crippen LogP contribution in [-0.2, 0) is 11.8 Å². The Morgan fingerprint density at radius 3 is 2.41 bits per heavy atom. The number of amides is 1. The van der Waals surface area contributed by atoms with Gasteiger partial charge in [-0.1, -0.05) is 44.2 Å². The molecule has 0 bridgehead atoms. The van der Waals surface area contributed by atoms with E-state index < -0.39 is 6.04 Å². The van der Waals surface area contributed by atoms with E-state index in [1.54, 1.807) is 4.90 Å². The molecule has 5 heteroatoms. The number of rotatable bonds is 2. The van der Waals surface area contributed by atoms with Gasteiger partial charge in [0.05, 0.1) is 11.4 Å². The highest BCUT2D eigenvalue weighted by molar-refractivity contribution is 6.11. The Labute approximate surface area is 188 Å². The van der Waals surface area contributed by atoms with Crippen LogP contribution in [0.4, 0.5) is 11.4 Å². The number of nitrogens with one attached hydrogen (secondary N) is 1. The summed E-state index contributed by atoms with van der Waals surface area (Å²) in [6.07, 6.45) is 3.16. The molecule has 5 nitrogen and oxygen atoms in total. The molecule has 0 radical (unpaired) electrons. The summed E-state index contributed by atoms with van der Waals surface area (Å²) in [5.74, 6) is -0.0361. The maximum Gasteiger partial charge on any atom is 0.259 e. The van der Waals surface area contributed by atoms with Gasteiger partial charge in [-0.2, -0.15) is 0 Å². The third kappa shape index (κ3) is 3.34. The van der Waals surface area contributed by atoms with Crippen LogP contribution in [0, 0.1) is 5.41 Å². The Kier molecular flexibility index (Phi) is 4.77. The molecule has 0 saturated carbocycles. The molecule has 32 heavy (non-hydrogen) atoms. The number of fused-ring (bicyclic) bond motifs is 1. The summed E-state index contributed by atoms with van der Waals surface area (Å²) in [6.45, 7) is 4.25. The molecule has 2 aliphatic rings. The Hall–Kier alpha value is -3.60. The van der Waals surface area contributed by atoms with Crippen LogP contribution in [0.25, 0.3) is 0 Å². The Balaban J connectivity index is 1.80. The van der Waals surface area contributed by atoms with Crippen LogP contribution in [0.1, 0.15) is 48.8 Å². The third-order valence-corrected chi connectivity index (χ3v) is 6.40. The summed E-state index contributed by atoms with van der Waals surface area (Å²) < 4.78 is 2.00. The van der Waals surface area contributed by atoms with Gasteiger partial charge in [-0.3, -0.25) is 14.5 Å². The smallest absolute Gasteiger partial charge is 0.259 e. The highest BCUT2D eigenvalue weighted by Gasteiger charge is 2.44. The fourth-order valence-corrected chi connectivity index (χ4v) is 4.97. The van der Waals surface area contributed by atoms with Gasteiger partial charge in [0.25, 0.3) is 5.91 Å². The number of allylic oxidation sites excluding steroid dienone is 1. The second kappa shape index (κ2) is 7.52. The summed E-state index contributed by atoms with van der Waals surface area (Å²) in [5.41, 5.74) is 4.57. The first-order chi connectivity index (χ1) is 15.4. The van der Waals surface area contributed by atoms with E-state index in [9.17, 15) is 9.59 Å². The summed E-state index contributed by atoms with van der Waals surface area (Å²) in [4.78, 5) is 29.4. The van der Waals surface area contributed by atoms with Crippen molar-refractivity contribution in [2.75, 3.05) is 10.2 Å². The summed E-state index contributed by atoms with van der Waals surface area (Å²) in [6, 6.07) is 20.5. The molecule has 0 saturated heterocycles. The standard InChI is InChI=1S/C27H27N3O2/c1-27(2)16-20-24(23(31)17-27)25(22-14-9-15-29(22)3)30(21-13-8-7-12-19(21)28-20)26(32)18-10-5-4-6-11-18/h4-15,25,28H,16-17H2,1-3H3. The average molecular weight is 426 g/mol. The van der Waals surface area contributed by atoms with E-state index in [-0.39, 0.29) is 17.1 Å². The molecule has 1 atom stereocenters. The van der Waals surface area contributed by atoms with Gasteiger partial charge in [-0.25, -0.2) is 0 Å². The van der Waals surface area contributed by atoms with Gasteiger partial charge in [-0.15, -0.1) is 0 Å². The van der Waals surface area contributed by atoms with Crippen LogP contribution in [-0.4, -0.2) is 16.3 Å². The van der Waals surface area contributed by atoms with E-state index in [1.807, 2.05) is 84.5 Å². The van der Waals surface area contributed by atoms with Crippen LogP contribution in [0.3, 0.4) is 0 Å². The predicted molar refractivity (Wildman–Crippen MR) is 127 cm³/mol. The number of nitrogens with zero attached hydrogens (tertiary/aromatic N) is 2. The van der Waals surface area contributed by atoms with Crippen LogP contribution in [0.5, 0.6) is 0 Å². The summed E-state index contributed by atoms with van der Waals surface area (Å²) in [7, 11) is 1.96. The van der Waals surface area contributed by atoms with Crippen molar-refractivity contribution >= 4 is 23.1 Å². The second-order valence-electron chi connectivity index (χ2n) is 9.46. The van der Waals surface area contributed by atoms with Gasteiger partial charge in [0, 0.05) is 42.2 Å². The maximum atomic E-state index is 14.0. The molecule has 2 aromatic carbocycles. The number of aromatic nitrogens is 1. The predicted octanol–water partition coefficient (Wildman–Crippen LogP) is 5.48. The lowest BCUT2D eigenvalue weighted by atomic mass is 9.73. The SMILES string of the molecule is Cn1cccc1C1C2=C(CC(C)(C)CC2=O)Nc2ccccc2N1C(=O)c1ccccc1. The minimum atomic E-state index is -0.516. The third-order valence-electron chi connectivity index (χ3n) is 6.40. The summed E-state index contributed by atoms with van der Waals surface area (Å²) in [5, 5.41) is 3.55. The lowest BCUT2D eigenvalue weighted by Gasteiger charge is -2.37. The van der Waals surface area contributed by atoms with E-state index in [4.69, 9.17) is 0 Å². The average Bonchev–Trinajstić information content (AvgIpc) is 3.12. The van der Waals surface area contributed by atoms with E-state index in [2.05, 4.69) is 19.2 Å². The van der Waals surface area contributed by atoms with Crippen molar-refractivity contribution in [2.24, 2.45) is 12.5 Å². The second-order valence-corrected chi connectivity index (χ2v) is 9.46. The number of para-hydroxylation sites is 2. The highest BCUT2D eigenvalue weighted by Crippen LogP contribution is 2.48.